The zero-order chi connectivity index (χ0) is 12.7. The molecule has 2 N–H and O–H groups in total. The van der Waals surface area contributed by atoms with Crippen molar-refractivity contribution in [3.8, 4) is 0 Å². The van der Waals surface area contributed by atoms with Crippen molar-refractivity contribution in [1.29, 1.82) is 0 Å². The molecule has 1 saturated carbocycles. The highest BCUT2D eigenvalue weighted by atomic mass is 16.7. The third-order valence-electron chi connectivity index (χ3n) is 3.52. The number of nitrogens with two attached hydrogens (primary N) is 1. The van der Waals surface area contributed by atoms with Gasteiger partial charge in [0.05, 0.1) is 13.2 Å². The van der Waals surface area contributed by atoms with Gasteiger partial charge in [0.2, 0.25) is 0 Å². The van der Waals surface area contributed by atoms with Crippen molar-refractivity contribution >= 4 is 0 Å². The maximum Gasteiger partial charge on any atom is 0.147 e. The van der Waals surface area contributed by atoms with Crippen molar-refractivity contribution in [3.63, 3.8) is 0 Å². The average molecular weight is 249 g/mol. The topological polar surface area (TPSA) is 44.5 Å². The SMILES string of the molecule is NC1(COCOCc2ccccc2)CCCCC1. The number of hydrogen-bond acceptors (Lipinski definition) is 3. The van der Waals surface area contributed by atoms with E-state index in [-0.39, 0.29) is 5.54 Å². The normalized spacial score (nSPS) is 18.7. The van der Waals surface area contributed by atoms with Gasteiger partial charge in [0.25, 0.3) is 0 Å². The molecule has 1 aromatic rings. The van der Waals surface area contributed by atoms with Crippen LogP contribution in [0, 0.1) is 0 Å². The molecular weight excluding hydrogens is 226 g/mol. The van der Waals surface area contributed by atoms with Crippen LogP contribution < -0.4 is 5.73 Å². The Morgan fingerprint density at radius 1 is 1.00 bits per heavy atom. The molecule has 2 rings (SSSR count). The third kappa shape index (κ3) is 4.41. The molecule has 0 unspecified atom stereocenters. The lowest BCUT2D eigenvalue weighted by atomic mass is 9.83. The van der Waals surface area contributed by atoms with Gasteiger partial charge in [0.15, 0.2) is 0 Å². The lowest BCUT2D eigenvalue weighted by molar-refractivity contribution is -0.0787. The minimum Gasteiger partial charge on any atom is -0.354 e. The summed E-state index contributed by atoms with van der Waals surface area (Å²) in [5, 5.41) is 0. The van der Waals surface area contributed by atoms with Crippen molar-refractivity contribution in [1.82, 2.24) is 0 Å². The standard InChI is InChI=1S/C15H23NO2/c16-15(9-5-2-6-10-15)12-18-13-17-11-14-7-3-1-4-8-14/h1,3-4,7-8H,2,5-6,9-13,16H2. The molecule has 1 aromatic carbocycles. The van der Waals surface area contributed by atoms with Crippen LogP contribution in [0.15, 0.2) is 30.3 Å². The van der Waals surface area contributed by atoms with E-state index in [9.17, 15) is 0 Å². The van der Waals surface area contributed by atoms with Gasteiger partial charge in [-0.05, 0) is 18.4 Å². The van der Waals surface area contributed by atoms with Crippen LogP contribution in [-0.4, -0.2) is 18.9 Å². The molecule has 3 heteroatoms. The van der Waals surface area contributed by atoms with Gasteiger partial charge in [0.1, 0.15) is 6.79 Å². The van der Waals surface area contributed by atoms with Gasteiger partial charge in [0, 0.05) is 5.54 Å². The van der Waals surface area contributed by atoms with Crippen LogP contribution >= 0.6 is 0 Å². The first-order valence-corrected chi connectivity index (χ1v) is 6.77. The molecule has 1 fully saturated rings. The fourth-order valence-corrected chi connectivity index (χ4v) is 2.44. The van der Waals surface area contributed by atoms with E-state index in [0.29, 0.717) is 20.0 Å². The maximum absolute atomic E-state index is 6.27. The van der Waals surface area contributed by atoms with E-state index >= 15 is 0 Å². The molecule has 100 valence electrons. The predicted octanol–water partition coefficient (Wildman–Crippen LogP) is 2.84. The van der Waals surface area contributed by atoms with Gasteiger partial charge >= 0.3 is 0 Å². The van der Waals surface area contributed by atoms with Crippen molar-refractivity contribution in [3.05, 3.63) is 35.9 Å². The molecule has 0 atom stereocenters. The molecule has 1 aliphatic rings. The van der Waals surface area contributed by atoms with Crippen LogP contribution in [0.3, 0.4) is 0 Å². The first-order valence-electron chi connectivity index (χ1n) is 6.77. The fraction of sp³-hybridized carbons (Fsp3) is 0.600. The Morgan fingerprint density at radius 2 is 1.72 bits per heavy atom. The summed E-state index contributed by atoms with van der Waals surface area (Å²) in [5.41, 5.74) is 7.32. The Bertz CT molecular complexity index is 334. The van der Waals surface area contributed by atoms with Gasteiger partial charge in [-0.1, -0.05) is 49.6 Å². The van der Waals surface area contributed by atoms with Gasteiger partial charge in [-0.25, -0.2) is 0 Å². The highest BCUT2D eigenvalue weighted by Crippen LogP contribution is 2.25. The second-order valence-corrected chi connectivity index (χ2v) is 5.22. The quantitative estimate of drug-likeness (QED) is 0.623. The van der Waals surface area contributed by atoms with E-state index in [4.69, 9.17) is 15.2 Å². The maximum atomic E-state index is 6.27. The summed E-state index contributed by atoms with van der Waals surface area (Å²) in [6.45, 7) is 1.54. The van der Waals surface area contributed by atoms with Crippen LogP contribution in [0.2, 0.25) is 0 Å². The molecule has 18 heavy (non-hydrogen) atoms. The van der Waals surface area contributed by atoms with Crippen LogP contribution in [0.4, 0.5) is 0 Å². The van der Waals surface area contributed by atoms with E-state index in [1.165, 1.54) is 24.8 Å². The Morgan fingerprint density at radius 3 is 2.44 bits per heavy atom. The number of rotatable bonds is 6. The molecule has 0 radical (unpaired) electrons. The van der Waals surface area contributed by atoms with Crippen molar-refractivity contribution in [2.24, 2.45) is 5.73 Å². The molecule has 0 spiro atoms. The second kappa shape index (κ2) is 6.88. The van der Waals surface area contributed by atoms with Crippen LogP contribution in [0.5, 0.6) is 0 Å². The zero-order valence-corrected chi connectivity index (χ0v) is 10.9. The minimum atomic E-state index is -0.117. The number of hydrogen-bond donors (Lipinski definition) is 1. The highest BCUT2D eigenvalue weighted by molar-refractivity contribution is 5.13. The summed E-state index contributed by atoms with van der Waals surface area (Å²) < 4.78 is 11.0. The summed E-state index contributed by atoms with van der Waals surface area (Å²) >= 11 is 0. The van der Waals surface area contributed by atoms with Crippen LogP contribution in [0.1, 0.15) is 37.7 Å². The molecule has 1 aliphatic carbocycles. The third-order valence-corrected chi connectivity index (χ3v) is 3.52. The molecule has 0 aliphatic heterocycles. The smallest absolute Gasteiger partial charge is 0.147 e. The summed E-state index contributed by atoms with van der Waals surface area (Å²) in [6, 6.07) is 10.1. The molecule has 0 amide bonds. The monoisotopic (exact) mass is 249 g/mol. The van der Waals surface area contributed by atoms with E-state index in [0.717, 1.165) is 12.8 Å². The first-order chi connectivity index (χ1) is 8.79. The van der Waals surface area contributed by atoms with Crippen LogP contribution in [0.25, 0.3) is 0 Å². The Kier molecular flexibility index (Phi) is 5.17. The first kappa shape index (κ1) is 13.5. The minimum absolute atomic E-state index is 0.117. The molecular formula is C15H23NO2. The summed E-state index contributed by atoms with van der Waals surface area (Å²) in [6.07, 6.45) is 5.91. The van der Waals surface area contributed by atoms with E-state index in [1.807, 2.05) is 30.3 Å². The molecule has 3 nitrogen and oxygen atoms in total. The lowest BCUT2D eigenvalue weighted by Gasteiger charge is -2.32. The molecule has 0 heterocycles. The van der Waals surface area contributed by atoms with Gasteiger partial charge in [-0.2, -0.15) is 0 Å². The van der Waals surface area contributed by atoms with Gasteiger partial charge in [-0.15, -0.1) is 0 Å². The largest absolute Gasteiger partial charge is 0.354 e. The summed E-state index contributed by atoms with van der Waals surface area (Å²) in [5.74, 6) is 0. The Hall–Kier alpha value is -0.900. The fourth-order valence-electron chi connectivity index (χ4n) is 2.44. The number of benzene rings is 1. The Labute approximate surface area is 109 Å². The molecule has 0 saturated heterocycles. The average Bonchev–Trinajstić information content (AvgIpc) is 2.40. The highest BCUT2D eigenvalue weighted by Gasteiger charge is 2.27. The summed E-state index contributed by atoms with van der Waals surface area (Å²) in [4.78, 5) is 0. The van der Waals surface area contributed by atoms with Gasteiger partial charge in [-0.3, -0.25) is 0 Å². The van der Waals surface area contributed by atoms with E-state index in [2.05, 4.69) is 0 Å². The summed E-state index contributed by atoms with van der Waals surface area (Å²) in [7, 11) is 0. The van der Waals surface area contributed by atoms with Crippen molar-refractivity contribution in [2.45, 2.75) is 44.2 Å². The predicted molar refractivity (Wildman–Crippen MR) is 72.1 cm³/mol. The Balaban J connectivity index is 1.58. The van der Waals surface area contributed by atoms with Crippen LogP contribution in [-0.2, 0) is 16.1 Å². The van der Waals surface area contributed by atoms with Crippen molar-refractivity contribution in [2.75, 3.05) is 13.4 Å². The van der Waals surface area contributed by atoms with E-state index in [1.54, 1.807) is 0 Å². The van der Waals surface area contributed by atoms with Gasteiger partial charge < -0.3 is 15.2 Å². The number of ether oxygens (including phenoxy) is 2. The second-order valence-electron chi connectivity index (χ2n) is 5.22. The van der Waals surface area contributed by atoms with Crippen molar-refractivity contribution < 1.29 is 9.47 Å². The van der Waals surface area contributed by atoms with E-state index < -0.39 is 0 Å². The molecule has 0 aromatic heterocycles. The lowest BCUT2D eigenvalue weighted by Crippen LogP contribution is -2.46. The zero-order valence-electron chi connectivity index (χ0n) is 10.9. The molecule has 0 bridgehead atoms.